The molecule has 1 N–H and O–H groups in total. The second-order valence-corrected chi connectivity index (χ2v) is 4.66. The SMILES string of the molecule is C=CCNC(=O)COc1ccc(-c2nnc(CCC)o2)cc1. The number of nitrogens with zero attached hydrogens (tertiary/aromatic N) is 2. The smallest absolute Gasteiger partial charge is 0.258 e. The minimum atomic E-state index is -0.190. The summed E-state index contributed by atoms with van der Waals surface area (Å²) in [6.07, 6.45) is 3.35. The van der Waals surface area contributed by atoms with E-state index in [1.165, 1.54) is 0 Å². The Kier molecular flexibility index (Phi) is 5.71. The van der Waals surface area contributed by atoms with Crippen molar-refractivity contribution in [3.63, 3.8) is 0 Å². The normalized spacial score (nSPS) is 10.2. The first-order valence-corrected chi connectivity index (χ1v) is 7.16. The van der Waals surface area contributed by atoms with E-state index in [1.807, 2.05) is 12.1 Å². The van der Waals surface area contributed by atoms with Crippen LogP contribution in [0.15, 0.2) is 41.3 Å². The van der Waals surface area contributed by atoms with Crippen molar-refractivity contribution < 1.29 is 13.9 Å². The van der Waals surface area contributed by atoms with Crippen LogP contribution in [-0.2, 0) is 11.2 Å². The number of carbonyl (C=O) groups is 1. The van der Waals surface area contributed by atoms with Gasteiger partial charge in [0.25, 0.3) is 5.91 Å². The highest BCUT2D eigenvalue weighted by molar-refractivity contribution is 5.77. The van der Waals surface area contributed by atoms with Gasteiger partial charge < -0.3 is 14.5 Å². The summed E-state index contributed by atoms with van der Waals surface area (Å²) in [6, 6.07) is 7.17. The van der Waals surface area contributed by atoms with Gasteiger partial charge >= 0.3 is 0 Å². The van der Waals surface area contributed by atoms with Gasteiger partial charge in [-0.05, 0) is 30.7 Å². The molecule has 2 aromatic rings. The molecule has 6 heteroatoms. The quantitative estimate of drug-likeness (QED) is 0.757. The molecule has 0 bridgehead atoms. The van der Waals surface area contributed by atoms with Crippen molar-refractivity contribution in [2.75, 3.05) is 13.2 Å². The predicted octanol–water partition coefficient (Wildman–Crippen LogP) is 2.37. The number of ether oxygens (including phenoxy) is 1. The fourth-order valence-corrected chi connectivity index (χ4v) is 1.76. The largest absolute Gasteiger partial charge is 0.484 e. The van der Waals surface area contributed by atoms with E-state index >= 15 is 0 Å². The molecule has 0 spiro atoms. The van der Waals surface area contributed by atoms with Gasteiger partial charge in [0.1, 0.15) is 5.75 Å². The minimum absolute atomic E-state index is 0.0333. The summed E-state index contributed by atoms with van der Waals surface area (Å²) in [5.41, 5.74) is 0.818. The lowest BCUT2D eigenvalue weighted by atomic mass is 10.2. The van der Waals surface area contributed by atoms with Crippen molar-refractivity contribution in [1.82, 2.24) is 15.5 Å². The Labute approximate surface area is 129 Å². The number of amides is 1. The van der Waals surface area contributed by atoms with Gasteiger partial charge in [-0.15, -0.1) is 16.8 Å². The Morgan fingerprint density at radius 2 is 2.14 bits per heavy atom. The van der Waals surface area contributed by atoms with Crippen LogP contribution < -0.4 is 10.1 Å². The molecule has 0 atom stereocenters. The molecule has 0 aliphatic rings. The van der Waals surface area contributed by atoms with E-state index in [1.54, 1.807) is 18.2 Å². The second kappa shape index (κ2) is 7.97. The Morgan fingerprint density at radius 1 is 1.36 bits per heavy atom. The van der Waals surface area contributed by atoms with Gasteiger partial charge in [-0.1, -0.05) is 13.0 Å². The lowest BCUT2D eigenvalue weighted by Crippen LogP contribution is -2.28. The van der Waals surface area contributed by atoms with Crippen LogP contribution in [-0.4, -0.2) is 29.3 Å². The standard InChI is InChI=1S/C16H19N3O3/c1-3-5-15-18-19-16(22-15)12-6-8-13(9-7-12)21-11-14(20)17-10-4-2/h4,6-9H,2-3,5,10-11H2,1H3,(H,17,20). The summed E-state index contributed by atoms with van der Waals surface area (Å²) in [7, 11) is 0. The molecule has 1 aromatic carbocycles. The van der Waals surface area contributed by atoms with Gasteiger partial charge in [-0.2, -0.15) is 0 Å². The number of hydrogen-bond donors (Lipinski definition) is 1. The minimum Gasteiger partial charge on any atom is -0.484 e. The molecular formula is C16H19N3O3. The summed E-state index contributed by atoms with van der Waals surface area (Å²) < 4.78 is 10.9. The fraction of sp³-hybridized carbons (Fsp3) is 0.312. The van der Waals surface area contributed by atoms with E-state index < -0.39 is 0 Å². The molecule has 1 aromatic heterocycles. The van der Waals surface area contributed by atoms with Crippen LogP contribution in [0.5, 0.6) is 5.75 Å². The molecule has 0 fully saturated rings. The van der Waals surface area contributed by atoms with Crippen molar-refractivity contribution in [2.45, 2.75) is 19.8 Å². The van der Waals surface area contributed by atoms with E-state index in [0.717, 1.165) is 18.4 Å². The molecule has 0 aliphatic carbocycles. The Balaban J connectivity index is 1.92. The maximum atomic E-state index is 11.4. The number of benzene rings is 1. The first kappa shape index (κ1) is 15.8. The molecule has 116 valence electrons. The van der Waals surface area contributed by atoms with Crippen molar-refractivity contribution in [3.8, 4) is 17.2 Å². The van der Waals surface area contributed by atoms with Crippen LogP contribution in [0.4, 0.5) is 0 Å². The highest BCUT2D eigenvalue weighted by Gasteiger charge is 2.08. The van der Waals surface area contributed by atoms with Crippen molar-refractivity contribution in [1.29, 1.82) is 0 Å². The zero-order valence-corrected chi connectivity index (χ0v) is 12.5. The van der Waals surface area contributed by atoms with Gasteiger partial charge in [-0.3, -0.25) is 4.79 Å². The highest BCUT2D eigenvalue weighted by atomic mass is 16.5. The number of rotatable bonds is 8. The van der Waals surface area contributed by atoms with E-state index in [4.69, 9.17) is 9.15 Å². The summed E-state index contributed by atoms with van der Waals surface area (Å²) in [6.45, 7) is 5.98. The van der Waals surface area contributed by atoms with Crippen LogP contribution in [0.3, 0.4) is 0 Å². The molecule has 2 rings (SSSR count). The number of carbonyl (C=O) groups excluding carboxylic acids is 1. The third-order valence-corrected chi connectivity index (χ3v) is 2.85. The average molecular weight is 301 g/mol. The van der Waals surface area contributed by atoms with Crippen LogP contribution in [0, 0.1) is 0 Å². The summed E-state index contributed by atoms with van der Waals surface area (Å²) >= 11 is 0. The number of nitrogens with one attached hydrogen (secondary N) is 1. The van der Waals surface area contributed by atoms with Crippen molar-refractivity contribution >= 4 is 5.91 Å². The van der Waals surface area contributed by atoms with Crippen LogP contribution in [0.2, 0.25) is 0 Å². The first-order chi connectivity index (χ1) is 10.7. The van der Waals surface area contributed by atoms with Gasteiger partial charge in [0.2, 0.25) is 11.8 Å². The Morgan fingerprint density at radius 3 is 2.82 bits per heavy atom. The Bertz CT molecular complexity index is 620. The van der Waals surface area contributed by atoms with Crippen LogP contribution in [0.25, 0.3) is 11.5 Å². The first-order valence-electron chi connectivity index (χ1n) is 7.16. The third kappa shape index (κ3) is 4.44. The highest BCUT2D eigenvalue weighted by Crippen LogP contribution is 2.21. The summed E-state index contributed by atoms with van der Waals surface area (Å²) in [5.74, 6) is 1.53. The molecular weight excluding hydrogens is 282 g/mol. The molecule has 22 heavy (non-hydrogen) atoms. The molecule has 1 amide bonds. The molecule has 1 heterocycles. The second-order valence-electron chi connectivity index (χ2n) is 4.66. The van der Waals surface area contributed by atoms with Crippen molar-refractivity contribution in [2.24, 2.45) is 0 Å². The number of aromatic nitrogens is 2. The summed E-state index contributed by atoms with van der Waals surface area (Å²) in [5, 5.41) is 10.6. The van der Waals surface area contributed by atoms with E-state index in [9.17, 15) is 4.79 Å². The lowest BCUT2D eigenvalue weighted by molar-refractivity contribution is -0.122. The number of aryl methyl sites for hydroxylation is 1. The number of hydrogen-bond acceptors (Lipinski definition) is 5. The molecule has 0 aliphatic heterocycles. The Hall–Kier alpha value is -2.63. The van der Waals surface area contributed by atoms with Gasteiger partial charge in [-0.25, -0.2) is 0 Å². The molecule has 0 saturated carbocycles. The van der Waals surface area contributed by atoms with Crippen LogP contribution in [0.1, 0.15) is 19.2 Å². The monoisotopic (exact) mass is 301 g/mol. The van der Waals surface area contributed by atoms with Gasteiger partial charge in [0.15, 0.2) is 6.61 Å². The van der Waals surface area contributed by atoms with Gasteiger partial charge in [0.05, 0.1) is 0 Å². The fourth-order valence-electron chi connectivity index (χ4n) is 1.76. The predicted molar refractivity (Wildman–Crippen MR) is 82.4 cm³/mol. The molecule has 0 saturated heterocycles. The topological polar surface area (TPSA) is 77.2 Å². The van der Waals surface area contributed by atoms with Crippen LogP contribution >= 0.6 is 0 Å². The van der Waals surface area contributed by atoms with Gasteiger partial charge in [0, 0.05) is 18.5 Å². The molecule has 6 nitrogen and oxygen atoms in total. The van der Waals surface area contributed by atoms with E-state index in [0.29, 0.717) is 24.1 Å². The lowest BCUT2D eigenvalue weighted by Gasteiger charge is -2.06. The maximum absolute atomic E-state index is 11.4. The third-order valence-electron chi connectivity index (χ3n) is 2.85. The maximum Gasteiger partial charge on any atom is 0.258 e. The van der Waals surface area contributed by atoms with E-state index in [-0.39, 0.29) is 12.5 Å². The molecule has 0 unspecified atom stereocenters. The molecule has 0 radical (unpaired) electrons. The average Bonchev–Trinajstić information content (AvgIpc) is 3.00. The zero-order valence-electron chi connectivity index (χ0n) is 12.5. The zero-order chi connectivity index (χ0) is 15.8. The summed E-state index contributed by atoms with van der Waals surface area (Å²) in [4.78, 5) is 11.4. The van der Waals surface area contributed by atoms with Crippen molar-refractivity contribution in [3.05, 3.63) is 42.8 Å². The van der Waals surface area contributed by atoms with E-state index in [2.05, 4.69) is 29.0 Å².